The van der Waals surface area contributed by atoms with Gasteiger partial charge in [-0.1, -0.05) is 23.7 Å². The van der Waals surface area contributed by atoms with Gasteiger partial charge in [-0.3, -0.25) is 4.98 Å². The summed E-state index contributed by atoms with van der Waals surface area (Å²) in [6.07, 6.45) is 3.44. The van der Waals surface area contributed by atoms with Crippen molar-refractivity contribution in [1.29, 1.82) is 0 Å². The van der Waals surface area contributed by atoms with E-state index in [9.17, 15) is 4.79 Å². The fourth-order valence-electron chi connectivity index (χ4n) is 1.62. The maximum atomic E-state index is 12.0. The Hall–Kier alpha value is -2.07. The van der Waals surface area contributed by atoms with E-state index in [1.807, 2.05) is 12.1 Å². The van der Waals surface area contributed by atoms with Crippen molar-refractivity contribution in [2.24, 2.45) is 0 Å². The Morgan fingerprint density at radius 1 is 1.37 bits per heavy atom. The molecule has 5 heteroatoms. The Labute approximate surface area is 117 Å². The number of rotatable bonds is 3. The highest BCUT2D eigenvalue weighted by atomic mass is 35.5. The van der Waals surface area contributed by atoms with Crippen molar-refractivity contribution in [1.82, 2.24) is 9.88 Å². The third kappa shape index (κ3) is 3.96. The van der Waals surface area contributed by atoms with Crippen molar-refractivity contribution in [3.8, 4) is 0 Å². The van der Waals surface area contributed by atoms with Gasteiger partial charge < -0.3 is 10.2 Å². The zero-order valence-corrected chi connectivity index (χ0v) is 11.3. The van der Waals surface area contributed by atoms with Gasteiger partial charge in [0.15, 0.2) is 0 Å². The zero-order chi connectivity index (χ0) is 13.7. The van der Waals surface area contributed by atoms with Crippen LogP contribution in [0.3, 0.4) is 0 Å². The molecule has 0 aliphatic heterocycles. The number of aromatic nitrogens is 1. The number of pyridine rings is 1. The molecule has 0 saturated carbocycles. The second-order valence-corrected chi connectivity index (χ2v) is 4.59. The van der Waals surface area contributed by atoms with E-state index >= 15 is 0 Å². The maximum absolute atomic E-state index is 12.0. The molecule has 2 amide bonds. The van der Waals surface area contributed by atoms with Crippen molar-refractivity contribution < 1.29 is 4.79 Å². The Morgan fingerprint density at radius 2 is 2.21 bits per heavy atom. The number of urea groups is 1. The van der Waals surface area contributed by atoms with E-state index in [4.69, 9.17) is 11.6 Å². The number of benzene rings is 1. The molecule has 4 nitrogen and oxygen atoms in total. The van der Waals surface area contributed by atoms with Gasteiger partial charge in [-0.05, 0) is 29.8 Å². The van der Waals surface area contributed by atoms with Gasteiger partial charge in [-0.25, -0.2) is 4.79 Å². The van der Waals surface area contributed by atoms with Crippen LogP contribution in [0.25, 0.3) is 0 Å². The first-order valence-electron chi connectivity index (χ1n) is 5.82. The van der Waals surface area contributed by atoms with Crippen molar-refractivity contribution in [2.45, 2.75) is 6.54 Å². The molecule has 1 heterocycles. The molecule has 0 aliphatic carbocycles. The molecule has 1 aromatic carbocycles. The molecule has 0 atom stereocenters. The molecule has 0 fully saturated rings. The Morgan fingerprint density at radius 3 is 2.89 bits per heavy atom. The topological polar surface area (TPSA) is 45.2 Å². The smallest absolute Gasteiger partial charge is 0.321 e. The van der Waals surface area contributed by atoms with Gasteiger partial charge in [0, 0.05) is 36.7 Å². The zero-order valence-electron chi connectivity index (χ0n) is 10.5. The van der Waals surface area contributed by atoms with Crippen molar-refractivity contribution >= 4 is 23.3 Å². The fraction of sp³-hybridized carbons (Fsp3) is 0.143. The monoisotopic (exact) mass is 275 g/mol. The molecule has 0 saturated heterocycles. The number of nitrogens with one attached hydrogen (secondary N) is 1. The van der Waals surface area contributed by atoms with Crippen LogP contribution in [-0.2, 0) is 6.54 Å². The molecular formula is C14H14ClN3O. The first-order valence-corrected chi connectivity index (χ1v) is 6.19. The first kappa shape index (κ1) is 13.4. The molecule has 0 spiro atoms. The van der Waals surface area contributed by atoms with Crippen LogP contribution in [0, 0.1) is 0 Å². The lowest BCUT2D eigenvalue weighted by Crippen LogP contribution is -2.30. The van der Waals surface area contributed by atoms with E-state index < -0.39 is 0 Å². The number of hydrogen-bond acceptors (Lipinski definition) is 2. The second-order valence-electron chi connectivity index (χ2n) is 4.16. The lowest BCUT2D eigenvalue weighted by Gasteiger charge is -2.17. The van der Waals surface area contributed by atoms with Crippen LogP contribution in [0.15, 0.2) is 48.8 Å². The Bertz CT molecular complexity index is 560. The van der Waals surface area contributed by atoms with Crippen LogP contribution < -0.4 is 5.32 Å². The normalized spacial score (nSPS) is 10.0. The van der Waals surface area contributed by atoms with Crippen molar-refractivity contribution in [3.05, 3.63) is 59.4 Å². The quantitative estimate of drug-likeness (QED) is 0.933. The summed E-state index contributed by atoms with van der Waals surface area (Å²) in [5.41, 5.74) is 1.65. The standard InChI is InChI=1S/C14H14ClN3O/c1-18(10-11-4-3-7-16-9-11)14(19)17-13-6-2-5-12(15)8-13/h2-9H,10H2,1H3,(H,17,19). The summed E-state index contributed by atoms with van der Waals surface area (Å²) in [7, 11) is 1.73. The molecule has 98 valence electrons. The minimum atomic E-state index is -0.189. The molecule has 0 aliphatic rings. The molecular weight excluding hydrogens is 262 g/mol. The van der Waals surface area contributed by atoms with E-state index in [0.29, 0.717) is 17.3 Å². The summed E-state index contributed by atoms with van der Waals surface area (Å²) in [5, 5.41) is 3.38. The number of carbonyl (C=O) groups is 1. The molecule has 1 N–H and O–H groups in total. The van der Waals surface area contributed by atoms with Crippen LogP contribution in [0.5, 0.6) is 0 Å². The van der Waals surface area contributed by atoms with Crippen LogP contribution in [0.2, 0.25) is 5.02 Å². The van der Waals surface area contributed by atoms with Crippen LogP contribution in [0.4, 0.5) is 10.5 Å². The highest BCUT2D eigenvalue weighted by molar-refractivity contribution is 6.30. The summed E-state index contributed by atoms with van der Waals surface area (Å²) >= 11 is 5.86. The third-order valence-electron chi connectivity index (χ3n) is 2.57. The number of hydrogen-bond donors (Lipinski definition) is 1. The van der Waals surface area contributed by atoms with Gasteiger partial charge >= 0.3 is 6.03 Å². The summed E-state index contributed by atoms with van der Waals surface area (Å²) in [4.78, 5) is 17.6. The first-order chi connectivity index (χ1) is 9.15. The maximum Gasteiger partial charge on any atom is 0.321 e. The highest BCUT2D eigenvalue weighted by Gasteiger charge is 2.09. The fourth-order valence-corrected chi connectivity index (χ4v) is 1.81. The summed E-state index contributed by atoms with van der Waals surface area (Å²) in [5.74, 6) is 0. The van der Waals surface area contributed by atoms with Gasteiger partial charge in [-0.2, -0.15) is 0 Å². The van der Waals surface area contributed by atoms with E-state index in [-0.39, 0.29) is 6.03 Å². The molecule has 19 heavy (non-hydrogen) atoms. The summed E-state index contributed by atoms with van der Waals surface area (Å²) < 4.78 is 0. The van der Waals surface area contributed by atoms with Crippen LogP contribution in [-0.4, -0.2) is 23.0 Å². The minimum Gasteiger partial charge on any atom is -0.323 e. The Balaban J connectivity index is 1.96. The second kappa shape index (κ2) is 6.20. The van der Waals surface area contributed by atoms with Crippen LogP contribution in [0.1, 0.15) is 5.56 Å². The van der Waals surface area contributed by atoms with Gasteiger partial charge in [0.25, 0.3) is 0 Å². The summed E-state index contributed by atoms with van der Waals surface area (Å²) in [6, 6.07) is 10.6. The van der Waals surface area contributed by atoms with Crippen molar-refractivity contribution in [3.63, 3.8) is 0 Å². The van der Waals surface area contributed by atoms with E-state index in [1.165, 1.54) is 0 Å². The lowest BCUT2D eigenvalue weighted by atomic mass is 10.3. The molecule has 0 radical (unpaired) electrons. The SMILES string of the molecule is CN(Cc1cccnc1)C(=O)Nc1cccc(Cl)c1. The van der Waals surface area contributed by atoms with Gasteiger partial charge in [0.05, 0.1) is 0 Å². The molecule has 0 bridgehead atoms. The number of halogens is 1. The molecule has 1 aromatic heterocycles. The van der Waals surface area contributed by atoms with Crippen molar-refractivity contribution in [2.75, 3.05) is 12.4 Å². The highest BCUT2D eigenvalue weighted by Crippen LogP contribution is 2.15. The predicted molar refractivity (Wildman–Crippen MR) is 76.2 cm³/mol. The Kier molecular flexibility index (Phi) is 4.36. The van der Waals surface area contributed by atoms with E-state index in [1.54, 1.807) is 48.6 Å². The average Bonchev–Trinajstić information content (AvgIpc) is 2.40. The third-order valence-corrected chi connectivity index (χ3v) is 2.80. The molecule has 2 rings (SSSR count). The largest absolute Gasteiger partial charge is 0.323 e. The van der Waals surface area contributed by atoms with Gasteiger partial charge in [-0.15, -0.1) is 0 Å². The van der Waals surface area contributed by atoms with Gasteiger partial charge in [0.2, 0.25) is 0 Å². The number of carbonyl (C=O) groups excluding carboxylic acids is 1. The van der Waals surface area contributed by atoms with E-state index in [2.05, 4.69) is 10.3 Å². The number of anilines is 1. The van der Waals surface area contributed by atoms with E-state index in [0.717, 1.165) is 5.56 Å². The average molecular weight is 276 g/mol. The predicted octanol–water partition coefficient (Wildman–Crippen LogP) is 3.40. The lowest BCUT2D eigenvalue weighted by molar-refractivity contribution is 0.220. The minimum absolute atomic E-state index is 0.189. The molecule has 0 unspecified atom stereocenters. The summed E-state index contributed by atoms with van der Waals surface area (Å²) in [6.45, 7) is 0.500. The number of nitrogens with zero attached hydrogens (tertiary/aromatic N) is 2. The van der Waals surface area contributed by atoms with Gasteiger partial charge in [0.1, 0.15) is 0 Å². The molecule has 2 aromatic rings. The van der Waals surface area contributed by atoms with Crippen LogP contribution >= 0.6 is 11.6 Å². The number of amides is 2.